The summed E-state index contributed by atoms with van der Waals surface area (Å²) in [5.41, 5.74) is 1.09. The Morgan fingerprint density at radius 2 is 2.04 bits per heavy atom. The summed E-state index contributed by atoms with van der Waals surface area (Å²) in [4.78, 5) is 22.7. The molecule has 7 nitrogen and oxygen atoms in total. The molecule has 0 unspecified atom stereocenters. The minimum Gasteiger partial charge on any atom is -0.489 e. The van der Waals surface area contributed by atoms with E-state index in [0.717, 1.165) is 6.42 Å². The fraction of sp³-hybridized carbons (Fsp3) is 0.278. The predicted octanol–water partition coefficient (Wildman–Crippen LogP) is 4.07. The van der Waals surface area contributed by atoms with E-state index in [9.17, 15) is 14.9 Å². The van der Waals surface area contributed by atoms with Gasteiger partial charge in [0.1, 0.15) is 6.61 Å². The molecule has 0 saturated carbocycles. The van der Waals surface area contributed by atoms with Gasteiger partial charge in [0, 0.05) is 18.1 Å². The Kier molecular flexibility index (Phi) is 5.27. The molecular formula is C18H16ClNO6. The first-order valence-corrected chi connectivity index (χ1v) is 8.33. The molecule has 0 atom stereocenters. The van der Waals surface area contributed by atoms with Crippen LogP contribution < -0.4 is 9.47 Å². The average molecular weight is 378 g/mol. The third kappa shape index (κ3) is 3.88. The quantitative estimate of drug-likeness (QED) is 0.453. The first kappa shape index (κ1) is 18.0. The van der Waals surface area contributed by atoms with Gasteiger partial charge in [-0.2, -0.15) is 0 Å². The number of nitro groups is 1. The molecule has 0 N–H and O–H groups in total. The maximum Gasteiger partial charge on any atom is 0.338 e. The van der Waals surface area contributed by atoms with Crippen LogP contribution in [0.2, 0.25) is 5.02 Å². The number of esters is 1. The van der Waals surface area contributed by atoms with Gasteiger partial charge in [0.15, 0.2) is 11.5 Å². The predicted molar refractivity (Wildman–Crippen MR) is 94.0 cm³/mol. The van der Waals surface area contributed by atoms with Crippen molar-refractivity contribution in [2.75, 3.05) is 13.2 Å². The molecule has 3 rings (SSSR count). The summed E-state index contributed by atoms with van der Waals surface area (Å²) < 4.78 is 16.4. The van der Waals surface area contributed by atoms with Crippen LogP contribution in [-0.4, -0.2) is 24.1 Å². The number of hydrogen-bond acceptors (Lipinski definition) is 6. The van der Waals surface area contributed by atoms with Crippen LogP contribution in [0, 0.1) is 17.0 Å². The van der Waals surface area contributed by atoms with Crippen molar-refractivity contribution in [3.63, 3.8) is 0 Å². The van der Waals surface area contributed by atoms with Gasteiger partial charge in [-0.3, -0.25) is 10.1 Å². The molecular weight excluding hydrogens is 362 g/mol. The van der Waals surface area contributed by atoms with Crippen molar-refractivity contribution in [3.8, 4) is 11.5 Å². The number of aryl methyl sites for hydroxylation is 1. The third-order valence-corrected chi connectivity index (χ3v) is 4.15. The Labute approximate surface area is 154 Å². The van der Waals surface area contributed by atoms with Crippen LogP contribution in [0.5, 0.6) is 11.5 Å². The molecule has 0 aliphatic carbocycles. The van der Waals surface area contributed by atoms with Crippen LogP contribution in [0.15, 0.2) is 30.3 Å². The zero-order chi connectivity index (χ0) is 18.7. The highest BCUT2D eigenvalue weighted by molar-refractivity contribution is 6.32. The molecule has 1 aliphatic rings. The molecule has 0 fully saturated rings. The van der Waals surface area contributed by atoms with Crippen LogP contribution in [0.4, 0.5) is 5.69 Å². The lowest BCUT2D eigenvalue weighted by atomic mass is 10.1. The summed E-state index contributed by atoms with van der Waals surface area (Å²) in [6, 6.07) is 7.56. The second kappa shape index (κ2) is 7.61. The number of rotatable bonds is 4. The molecule has 0 aromatic heterocycles. The number of nitrogens with zero attached hydrogens (tertiary/aromatic N) is 1. The van der Waals surface area contributed by atoms with Gasteiger partial charge in [-0.05, 0) is 30.7 Å². The van der Waals surface area contributed by atoms with E-state index >= 15 is 0 Å². The first-order valence-electron chi connectivity index (χ1n) is 7.96. The number of fused-ring (bicyclic) bond motifs is 1. The fourth-order valence-corrected chi connectivity index (χ4v) is 2.82. The van der Waals surface area contributed by atoms with Crippen LogP contribution in [0.25, 0.3) is 0 Å². The zero-order valence-corrected chi connectivity index (χ0v) is 14.7. The second-order valence-corrected chi connectivity index (χ2v) is 6.20. The Balaban J connectivity index is 1.74. The lowest BCUT2D eigenvalue weighted by Crippen LogP contribution is -2.06. The molecule has 0 spiro atoms. The van der Waals surface area contributed by atoms with Crippen molar-refractivity contribution in [1.82, 2.24) is 0 Å². The van der Waals surface area contributed by atoms with E-state index in [1.807, 2.05) is 0 Å². The molecule has 0 amide bonds. The molecule has 2 aromatic rings. The van der Waals surface area contributed by atoms with Crippen molar-refractivity contribution in [3.05, 3.63) is 62.2 Å². The SMILES string of the molecule is Cc1ccc(C(=O)OCc2cc(Cl)c3c(c2)OCCCO3)cc1[N+](=O)[O-]. The van der Waals surface area contributed by atoms with Gasteiger partial charge < -0.3 is 14.2 Å². The van der Waals surface area contributed by atoms with E-state index in [1.165, 1.54) is 18.2 Å². The standard InChI is InChI=1S/C18H16ClNO6/c1-11-3-4-13(9-15(11)20(22)23)18(21)26-10-12-7-14(19)17-16(8-12)24-5-2-6-25-17/h3-4,7-9H,2,5-6,10H2,1H3. The van der Waals surface area contributed by atoms with Gasteiger partial charge >= 0.3 is 5.97 Å². The third-order valence-electron chi connectivity index (χ3n) is 3.87. The second-order valence-electron chi connectivity index (χ2n) is 5.79. The van der Waals surface area contributed by atoms with Gasteiger partial charge in [0.05, 0.1) is 28.7 Å². The first-order chi connectivity index (χ1) is 12.5. The lowest BCUT2D eigenvalue weighted by Gasteiger charge is -2.12. The summed E-state index contributed by atoms with van der Waals surface area (Å²) in [5, 5.41) is 11.4. The minimum atomic E-state index is -0.656. The fourth-order valence-electron chi connectivity index (χ4n) is 2.53. The maximum atomic E-state index is 12.2. The van der Waals surface area contributed by atoms with E-state index in [-0.39, 0.29) is 17.9 Å². The number of ether oxygens (including phenoxy) is 3. The molecule has 0 radical (unpaired) electrons. The van der Waals surface area contributed by atoms with Crippen molar-refractivity contribution in [2.24, 2.45) is 0 Å². The smallest absolute Gasteiger partial charge is 0.338 e. The largest absolute Gasteiger partial charge is 0.489 e. The van der Waals surface area contributed by atoms with Crippen molar-refractivity contribution >= 4 is 23.3 Å². The summed E-state index contributed by atoms with van der Waals surface area (Å²) in [6.45, 7) is 2.59. The molecule has 8 heteroatoms. The molecule has 0 bridgehead atoms. The highest BCUT2D eigenvalue weighted by Gasteiger charge is 2.18. The summed E-state index contributed by atoms with van der Waals surface area (Å²) >= 11 is 6.20. The summed E-state index contributed by atoms with van der Waals surface area (Å²) in [5.74, 6) is 0.330. The monoisotopic (exact) mass is 377 g/mol. The van der Waals surface area contributed by atoms with E-state index in [2.05, 4.69) is 0 Å². The number of benzene rings is 2. The maximum absolute atomic E-state index is 12.2. The van der Waals surface area contributed by atoms with E-state index in [4.69, 9.17) is 25.8 Å². The van der Waals surface area contributed by atoms with Crippen LogP contribution in [-0.2, 0) is 11.3 Å². The van der Waals surface area contributed by atoms with Gasteiger partial charge in [-0.1, -0.05) is 17.7 Å². The van der Waals surface area contributed by atoms with Crippen LogP contribution in [0.1, 0.15) is 27.9 Å². The number of halogens is 1. The number of carbonyl (C=O) groups excluding carboxylic acids is 1. The molecule has 1 heterocycles. The molecule has 26 heavy (non-hydrogen) atoms. The summed E-state index contributed by atoms with van der Waals surface area (Å²) in [7, 11) is 0. The van der Waals surface area contributed by atoms with E-state index in [1.54, 1.807) is 19.1 Å². The molecule has 136 valence electrons. The van der Waals surface area contributed by atoms with Gasteiger partial charge in [-0.25, -0.2) is 4.79 Å². The Bertz CT molecular complexity index is 867. The Hall–Kier alpha value is -2.80. The van der Waals surface area contributed by atoms with E-state index < -0.39 is 10.9 Å². The number of hydrogen-bond donors (Lipinski definition) is 0. The zero-order valence-electron chi connectivity index (χ0n) is 14.0. The van der Waals surface area contributed by atoms with Crippen molar-refractivity contribution in [2.45, 2.75) is 20.0 Å². The van der Waals surface area contributed by atoms with Crippen molar-refractivity contribution < 1.29 is 23.9 Å². The Morgan fingerprint density at radius 3 is 2.81 bits per heavy atom. The number of nitro benzene ring substituents is 1. The minimum absolute atomic E-state index is 0.0448. The topological polar surface area (TPSA) is 87.9 Å². The van der Waals surface area contributed by atoms with Crippen molar-refractivity contribution in [1.29, 1.82) is 0 Å². The van der Waals surface area contributed by atoms with Gasteiger partial charge in [-0.15, -0.1) is 0 Å². The highest BCUT2D eigenvalue weighted by Crippen LogP contribution is 2.38. The van der Waals surface area contributed by atoms with Gasteiger partial charge in [0.2, 0.25) is 0 Å². The number of carbonyl (C=O) groups is 1. The normalized spacial score (nSPS) is 13.0. The highest BCUT2D eigenvalue weighted by atomic mass is 35.5. The van der Waals surface area contributed by atoms with Crippen LogP contribution in [0.3, 0.4) is 0 Å². The molecule has 2 aromatic carbocycles. The molecule has 0 saturated heterocycles. The Morgan fingerprint density at radius 1 is 1.27 bits per heavy atom. The van der Waals surface area contributed by atoms with Gasteiger partial charge in [0.25, 0.3) is 5.69 Å². The molecule has 1 aliphatic heterocycles. The van der Waals surface area contributed by atoms with E-state index in [0.29, 0.717) is 40.9 Å². The van der Waals surface area contributed by atoms with Crippen LogP contribution >= 0.6 is 11.6 Å². The average Bonchev–Trinajstić information content (AvgIpc) is 2.85. The summed E-state index contributed by atoms with van der Waals surface area (Å²) in [6.07, 6.45) is 0.752. The lowest BCUT2D eigenvalue weighted by molar-refractivity contribution is -0.385.